The van der Waals surface area contributed by atoms with E-state index >= 15 is 0 Å². The van der Waals surface area contributed by atoms with Crippen LogP contribution in [-0.2, 0) is 9.59 Å². The number of aliphatic carboxylic acids is 1. The fraction of sp³-hybridized carbons (Fsp3) is 0.385. The van der Waals surface area contributed by atoms with Crippen LogP contribution in [0.2, 0.25) is 0 Å². The van der Waals surface area contributed by atoms with Crippen molar-refractivity contribution >= 4 is 17.6 Å². The second-order valence-corrected chi connectivity index (χ2v) is 4.66. The SMILES string of the molecule is O=C(O)C1CCC1C(=O)Nc1cccc2c1OCO2. The molecule has 0 spiro atoms. The van der Waals surface area contributed by atoms with Gasteiger partial charge >= 0.3 is 5.97 Å². The molecule has 6 nitrogen and oxygen atoms in total. The molecule has 2 aliphatic rings. The molecular formula is C13H13NO5. The smallest absolute Gasteiger partial charge is 0.307 e. The van der Waals surface area contributed by atoms with Gasteiger partial charge in [-0.1, -0.05) is 6.07 Å². The summed E-state index contributed by atoms with van der Waals surface area (Å²) in [5.74, 6) is -1.14. The number of carboxylic acid groups (broad SMARTS) is 1. The highest BCUT2D eigenvalue weighted by atomic mass is 16.7. The second kappa shape index (κ2) is 4.46. The number of fused-ring (bicyclic) bond motifs is 1. The molecule has 2 N–H and O–H groups in total. The van der Waals surface area contributed by atoms with Crippen molar-refractivity contribution in [1.82, 2.24) is 0 Å². The maximum Gasteiger partial charge on any atom is 0.307 e. The van der Waals surface area contributed by atoms with Crippen LogP contribution in [0.1, 0.15) is 12.8 Å². The highest BCUT2D eigenvalue weighted by molar-refractivity contribution is 5.97. The molecule has 0 saturated heterocycles. The van der Waals surface area contributed by atoms with Crippen LogP contribution in [0, 0.1) is 11.8 Å². The molecule has 1 saturated carbocycles. The maximum absolute atomic E-state index is 12.0. The first-order valence-electron chi connectivity index (χ1n) is 6.09. The third-order valence-corrected chi connectivity index (χ3v) is 3.58. The first kappa shape index (κ1) is 11.8. The first-order valence-corrected chi connectivity index (χ1v) is 6.09. The van der Waals surface area contributed by atoms with Crippen LogP contribution in [0.3, 0.4) is 0 Å². The number of benzene rings is 1. The summed E-state index contributed by atoms with van der Waals surface area (Å²) in [4.78, 5) is 23.0. The number of amides is 1. The van der Waals surface area contributed by atoms with Gasteiger partial charge in [-0.3, -0.25) is 9.59 Å². The summed E-state index contributed by atoms with van der Waals surface area (Å²) in [6.45, 7) is 0.128. The van der Waals surface area contributed by atoms with Gasteiger partial charge in [0.2, 0.25) is 12.7 Å². The monoisotopic (exact) mass is 263 g/mol. The van der Waals surface area contributed by atoms with Crippen LogP contribution in [-0.4, -0.2) is 23.8 Å². The lowest BCUT2D eigenvalue weighted by Crippen LogP contribution is -2.41. The third-order valence-electron chi connectivity index (χ3n) is 3.58. The van der Waals surface area contributed by atoms with Crippen LogP contribution in [0.4, 0.5) is 5.69 Å². The van der Waals surface area contributed by atoms with E-state index in [1.165, 1.54) is 0 Å². The van der Waals surface area contributed by atoms with E-state index in [0.29, 0.717) is 30.0 Å². The van der Waals surface area contributed by atoms with Gasteiger partial charge in [0.25, 0.3) is 0 Å². The third kappa shape index (κ3) is 1.99. The van der Waals surface area contributed by atoms with Crippen molar-refractivity contribution in [3.05, 3.63) is 18.2 Å². The standard InChI is InChI=1S/C13H13NO5/c15-12(7-4-5-8(7)13(16)17)14-9-2-1-3-10-11(9)19-6-18-10/h1-3,7-8H,4-6H2,(H,14,15)(H,16,17). The molecule has 19 heavy (non-hydrogen) atoms. The van der Waals surface area contributed by atoms with Crippen molar-refractivity contribution in [2.45, 2.75) is 12.8 Å². The molecular weight excluding hydrogens is 250 g/mol. The van der Waals surface area contributed by atoms with Crippen molar-refractivity contribution in [1.29, 1.82) is 0 Å². The number of carbonyl (C=O) groups excluding carboxylic acids is 1. The first-order chi connectivity index (χ1) is 9.16. The lowest BCUT2D eigenvalue weighted by Gasteiger charge is -2.31. The zero-order valence-electron chi connectivity index (χ0n) is 10.1. The molecule has 1 amide bonds. The van der Waals surface area contributed by atoms with Gasteiger partial charge in [0.15, 0.2) is 11.5 Å². The van der Waals surface area contributed by atoms with Gasteiger partial charge in [-0.25, -0.2) is 0 Å². The van der Waals surface area contributed by atoms with Crippen molar-refractivity contribution in [2.75, 3.05) is 12.1 Å². The Morgan fingerprint density at radius 1 is 1.21 bits per heavy atom. The molecule has 1 aliphatic carbocycles. The lowest BCUT2D eigenvalue weighted by atomic mass is 9.73. The molecule has 1 fully saturated rings. The molecule has 2 unspecified atom stereocenters. The van der Waals surface area contributed by atoms with E-state index < -0.39 is 17.8 Å². The quantitative estimate of drug-likeness (QED) is 0.862. The average Bonchev–Trinajstić information content (AvgIpc) is 2.75. The number of nitrogens with one attached hydrogen (secondary N) is 1. The van der Waals surface area contributed by atoms with E-state index in [1.807, 2.05) is 0 Å². The van der Waals surface area contributed by atoms with Crippen molar-refractivity contribution < 1.29 is 24.2 Å². The molecule has 0 aromatic heterocycles. The van der Waals surface area contributed by atoms with Gasteiger partial charge in [0.1, 0.15) is 0 Å². The number of ether oxygens (including phenoxy) is 2. The average molecular weight is 263 g/mol. The number of carboxylic acids is 1. The molecule has 1 heterocycles. The fourth-order valence-electron chi connectivity index (χ4n) is 2.36. The number of hydrogen-bond donors (Lipinski definition) is 2. The minimum absolute atomic E-state index is 0.128. The summed E-state index contributed by atoms with van der Waals surface area (Å²) in [7, 11) is 0. The van der Waals surface area contributed by atoms with E-state index in [4.69, 9.17) is 14.6 Å². The van der Waals surface area contributed by atoms with Crippen molar-refractivity contribution in [3.8, 4) is 11.5 Å². The van der Waals surface area contributed by atoms with Crippen LogP contribution >= 0.6 is 0 Å². The maximum atomic E-state index is 12.0. The summed E-state index contributed by atoms with van der Waals surface area (Å²) < 4.78 is 10.5. The molecule has 0 radical (unpaired) electrons. The predicted molar refractivity (Wildman–Crippen MR) is 65.0 cm³/mol. The topological polar surface area (TPSA) is 84.9 Å². The van der Waals surface area contributed by atoms with Crippen LogP contribution in [0.25, 0.3) is 0 Å². The highest BCUT2D eigenvalue weighted by Crippen LogP contribution is 2.40. The molecule has 1 aromatic rings. The molecule has 0 bridgehead atoms. The molecule has 1 aliphatic heterocycles. The van der Waals surface area contributed by atoms with Gasteiger partial charge < -0.3 is 19.9 Å². The Hall–Kier alpha value is -2.24. The van der Waals surface area contributed by atoms with E-state index in [0.717, 1.165) is 0 Å². The number of rotatable bonds is 3. The predicted octanol–water partition coefficient (Wildman–Crippen LogP) is 1.46. The van der Waals surface area contributed by atoms with Crippen LogP contribution < -0.4 is 14.8 Å². The normalized spacial score (nSPS) is 23.6. The number of carbonyl (C=O) groups is 2. The summed E-state index contributed by atoms with van der Waals surface area (Å²) in [6.07, 6.45) is 1.16. The van der Waals surface area contributed by atoms with Gasteiger partial charge in [0.05, 0.1) is 17.5 Å². The second-order valence-electron chi connectivity index (χ2n) is 4.66. The summed E-state index contributed by atoms with van der Waals surface area (Å²) in [5, 5.41) is 11.7. The Morgan fingerprint density at radius 2 is 2.00 bits per heavy atom. The Kier molecular flexibility index (Phi) is 2.77. The van der Waals surface area contributed by atoms with Crippen LogP contribution in [0.15, 0.2) is 18.2 Å². The number of para-hydroxylation sites is 1. The lowest BCUT2D eigenvalue weighted by molar-refractivity contribution is -0.151. The molecule has 1 aromatic carbocycles. The van der Waals surface area contributed by atoms with E-state index in [1.54, 1.807) is 18.2 Å². The molecule has 3 rings (SSSR count). The summed E-state index contributed by atoms with van der Waals surface area (Å²) in [6, 6.07) is 5.21. The van der Waals surface area contributed by atoms with Crippen molar-refractivity contribution in [2.24, 2.45) is 11.8 Å². The van der Waals surface area contributed by atoms with E-state index in [9.17, 15) is 9.59 Å². The zero-order chi connectivity index (χ0) is 13.4. The van der Waals surface area contributed by atoms with Gasteiger partial charge in [-0.15, -0.1) is 0 Å². The highest BCUT2D eigenvalue weighted by Gasteiger charge is 2.41. The Labute approximate surface area is 109 Å². The molecule has 2 atom stereocenters. The Morgan fingerprint density at radius 3 is 2.68 bits per heavy atom. The minimum Gasteiger partial charge on any atom is -0.481 e. The minimum atomic E-state index is -0.913. The molecule has 100 valence electrons. The zero-order valence-corrected chi connectivity index (χ0v) is 10.1. The largest absolute Gasteiger partial charge is 0.481 e. The van der Waals surface area contributed by atoms with Crippen molar-refractivity contribution in [3.63, 3.8) is 0 Å². The van der Waals surface area contributed by atoms with Gasteiger partial charge in [0, 0.05) is 0 Å². The Balaban J connectivity index is 1.74. The summed E-state index contributed by atoms with van der Waals surface area (Å²) in [5.41, 5.74) is 0.524. The van der Waals surface area contributed by atoms with Gasteiger partial charge in [-0.2, -0.15) is 0 Å². The van der Waals surface area contributed by atoms with Crippen LogP contribution in [0.5, 0.6) is 11.5 Å². The fourth-order valence-corrected chi connectivity index (χ4v) is 2.36. The van der Waals surface area contributed by atoms with Gasteiger partial charge in [-0.05, 0) is 25.0 Å². The Bertz CT molecular complexity index is 542. The summed E-state index contributed by atoms with van der Waals surface area (Å²) >= 11 is 0. The number of anilines is 1. The molecule has 6 heteroatoms. The van der Waals surface area contributed by atoms with E-state index in [-0.39, 0.29) is 12.7 Å². The van der Waals surface area contributed by atoms with E-state index in [2.05, 4.69) is 5.32 Å². The number of hydrogen-bond acceptors (Lipinski definition) is 4.